The Morgan fingerprint density at radius 1 is 1.09 bits per heavy atom. The van der Waals surface area contributed by atoms with Crippen LogP contribution in [0, 0.1) is 5.92 Å². The summed E-state index contributed by atoms with van der Waals surface area (Å²) in [6, 6.07) is 12.2. The number of fused-ring (bicyclic) bond motifs is 1. The molecule has 0 unspecified atom stereocenters. The Labute approximate surface area is 201 Å². The van der Waals surface area contributed by atoms with E-state index in [2.05, 4.69) is 31.1 Å². The molecule has 2 amide bonds. The molecular formula is C26H35N3O5. The lowest BCUT2D eigenvalue weighted by molar-refractivity contribution is 0.0150. The highest BCUT2D eigenvalue weighted by atomic mass is 16.5. The summed E-state index contributed by atoms with van der Waals surface area (Å²) in [5.74, 6) is 0.683. The van der Waals surface area contributed by atoms with Gasteiger partial charge in [0.05, 0.1) is 24.3 Å². The fourth-order valence-corrected chi connectivity index (χ4v) is 4.06. The van der Waals surface area contributed by atoms with Gasteiger partial charge in [-0.05, 0) is 44.2 Å². The summed E-state index contributed by atoms with van der Waals surface area (Å²) < 4.78 is 17.1. The predicted octanol–water partition coefficient (Wildman–Crippen LogP) is 3.38. The second-order valence-corrected chi connectivity index (χ2v) is 8.90. The Hall–Kier alpha value is -3.10. The number of rotatable bonds is 4. The van der Waals surface area contributed by atoms with Crippen LogP contribution < -0.4 is 14.8 Å². The molecule has 0 fully saturated rings. The fraction of sp³-hybridized carbons (Fsp3) is 0.462. The molecule has 3 atom stereocenters. The van der Waals surface area contributed by atoms with Gasteiger partial charge >= 0.3 is 0 Å². The Morgan fingerprint density at radius 3 is 2.53 bits per heavy atom. The van der Waals surface area contributed by atoms with Gasteiger partial charge < -0.3 is 24.4 Å². The topological polar surface area (TPSA) is 80.3 Å². The van der Waals surface area contributed by atoms with Crippen LogP contribution in [0.5, 0.6) is 11.5 Å². The zero-order valence-corrected chi connectivity index (χ0v) is 20.8. The maximum atomic E-state index is 13.3. The number of methoxy groups -OCH3 is 2. The van der Waals surface area contributed by atoms with E-state index < -0.39 is 0 Å². The second kappa shape index (κ2) is 11.4. The standard InChI is InChI=1S/C26H35N3O5/c1-17-14-28(3)18(2)16-34-23-13-19(27-25(30)20-9-7-8-10-22(20)32-5)11-12-21(23)26(31)29(4)15-24(17)33-6/h7-13,17-18,24H,14-16H2,1-6H3,(H,27,30)/t17-,18-,24+/m0/s1. The van der Waals surface area contributed by atoms with E-state index in [4.69, 9.17) is 14.2 Å². The molecule has 1 N–H and O–H groups in total. The minimum absolute atomic E-state index is 0.0909. The third-order valence-electron chi connectivity index (χ3n) is 6.37. The number of benzene rings is 2. The number of para-hydroxylation sites is 1. The van der Waals surface area contributed by atoms with Crippen molar-refractivity contribution in [3.63, 3.8) is 0 Å². The normalized spacial score (nSPS) is 22.1. The summed E-state index contributed by atoms with van der Waals surface area (Å²) in [5.41, 5.74) is 1.39. The van der Waals surface area contributed by atoms with Crippen LogP contribution in [0.25, 0.3) is 0 Å². The van der Waals surface area contributed by atoms with Crippen molar-refractivity contribution in [2.24, 2.45) is 5.92 Å². The number of anilines is 1. The first-order chi connectivity index (χ1) is 16.2. The van der Waals surface area contributed by atoms with Gasteiger partial charge in [-0.25, -0.2) is 0 Å². The molecule has 3 rings (SSSR count). The van der Waals surface area contributed by atoms with Gasteiger partial charge in [0.25, 0.3) is 11.8 Å². The van der Waals surface area contributed by atoms with Gasteiger partial charge in [0.1, 0.15) is 18.1 Å². The molecule has 0 saturated carbocycles. The number of nitrogens with zero attached hydrogens (tertiary/aromatic N) is 2. The van der Waals surface area contributed by atoms with Crippen LogP contribution in [0.15, 0.2) is 42.5 Å². The Bertz CT molecular complexity index is 1010. The van der Waals surface area contributed by atoms with Crippen LogP contribution in [0.4, 0.5) is 5.69 Å². The number of nitrogens with one attached hydrogen (secondary N) is 1. The number of carbonyl (C=O) groups is 2. The monoisotopic (exact) mass is 469 g/mol. The molecule has 2 aromatic carbocycles. The van der Waals surface area contributed by atoms with Gasteiger partial charge in [-0.3, -0.25) is 14.5 Å². The third-order valence-corrected chi connectivity index (χ3v) is 6.37. The Morgan fingerprint density at radius 2 is 1.82 bits per heavy atom. The van der Waals surface area contributed by atoms with Crippen molar-refractivity contribution >= 4 is 17.5 Å². The molecule has 0 aromatic heterocycles. The number of likely N-dealkylation sites (N-methyl/N-ethyl adjacent to an activating group) is 2. The molecule has 8 heteroatoms. The maximum absolute atomic E-state index is 13.3. The Kier molecular flexibility index (Phi) is 8.52. The van der Waals surface area contributed by atoms with E-state index in [1.807, 2.05) is 0 Å². The number of hydrogen-bond acceptors (Lipinski definition) is 6. The first-order valence-corrected chi connectivity index (χ1v) is 11.4. The summed E-state index contributed by atoms with van der Waals surface area (Å²) in [6.45, 7) is 5.89. The molecule has 0 bridgehead atoms. The van der Waals surface area contributed by atoms with Crippen molar-refractivity contribution in [1.29, 1.82) is 0 Å². The van der Waals surface area contributed by atoms with Crippen molar-refractivity contribution < 1.29 is 23.8 Å². The average molecular weight is 470 g/mol. The highest BCUT2D eigenvalue weighted by Crippen LogP contribution is 2.27. The van der Waals surface area contributed by atoms with E-state index in [0.29, 0.717) is 41.5 Å². The quantitative estimate of drug-likeness (QED) is 0.740. The smallest absolute Gasteiger partial charge is 0.259 e. The van der Waals surface area contributed by atoms with Gasteiger partial charge in [-0.2, -0.15) is 0 Å². The number of carbonyl (C=O) groups excluding carboxylic acids is 2. The van der Waals surface area contributed by atoms with Crippen molar-refractivity contribution in [2.45, 2.75) is 26.0 Å². The van der Waals surface area contributed by atoms with Gasteiger partial charge in [0.2, 0.25) is 0 Å². The molecule has 1 aliphatic heterocycles. The molecule has 0 radical (unpaired) electrons. The first-order valence-electron chi connectivity index (χ1n) is 11.4. The lowest BCUT2D eigenvalue weighted by Gasteiger charge is -2.34. The van der Waals surface area contributed by atoms with Gasteiger partial charge in [-0.15, -0.1) is 0 Å². The largest absolute Gasteiger partial charge is 0.496 e. The maximum Gasteiger partial charge on any atom is 0.259 e. The summed E-state index contributed by atoms with van der Waals surface area (Å²) in [6.07, 6.45) is -0.0909. The van der Waals surface area contributed by atoms with Crippen molar-refractivity contribution in [3.8, 4) is 11.5 Å². The molecule has 1 heterocycles. The third kappa shape index (κ3) is 5.87. The van der Waals surface area contributed by atoms with Crippen LogP contribution in [0.1, 0.15) is 34.6 Å². The van der Waals surface area contributed by atoms with E-state index in [9.17, 15) is 9.59 Å². The van der Waals surface area contributed by atoms with Gasteiger partial charge in [0, 0.05) is 45.0 Å². The summed E-state index contributed by atoms with van der Waals surface area (Å²) in [7, 11) is 7.03. The van der Waals surface area contributed by atoms with E-state index in [-0.39, 0.29) is 29.9 Å². The zero-order valence-electron chi connectivity index (χ0n) is 20.8. The van der Waals surface area contributed by atoms with E-state index in [0.717, 1.165) is 6.54 Å². The molecule has 0 aliphatic carbocycles. The minimum Gasteiger partial charge on any atom is -0.496 e. The molecule has 2 aromatic rings. The van der Waals surface area contributed by atoms with E-state index >= 15 is 0 Å². The highest BCUT2D eigenvalue weighted by molar-refractivity contribution is 6.06. The van der Waals surface area contributed by atoms with E-state index in [1.165, 1.54) is 7.11 Å². The summed E-state index contributed by atoms with van der Waals surface area (Å²) >= 11 is 0. The molecule has 0 saturated heterocycles. The minimum atomic E-state index is -0.306. The zero-order chi connectivity index (χ0) is 24.8. The highest BCUT2D eigenvalue weighted by Gasteiger charge is 2.27. The van der Waals surface area contributed by atoms with Crippen LogP contribution in [-0.2, 0) is 4.74 Å². The number of hydrogen-bond donors (Lipinski definition) is 1. The summed E-state index contributed by atoms with van der Waals surface area (Å²) in [4.78, 5) is 30.0. The van der Waals surface area contributed by atoms with Crippen molar-refractivity contribution in [3.05, 3.63) is 53.6 Å². The first kappa shape index (κ1) is 25.5. The summed E-state index contributed by atoms with van der Waals surface area (Å²) in [5, 5.41) is 2.88. The molecule has 1 aliphatic rings. The molecule has 0 spiro atoms. The number of amides is 2. The van der Waals surface area contributed by atoms with Crippen LogP contribution in [-0.4, -0.2) is 81.8 Å². The van der Waals surface area contributed by atoms with Crippen LogP contribution in [0.3, 0.4) is 0 Å². The van der Waals surface area contributed by atoms with Gasteiger partial charge in [0.15, 0.2) is 0 Å². The molecule has 184 valence electrons. The van der Waals surface area contributed by atoms with Crippen molar-refractivity contribution in [2.75, 3.05) is 53.3 Å². The molecule has 34 heavy (non-hydrogen) atoms. The molecular weight excluding hydrogens is 434 g/mol. The lowest BCUT2D eigenvalue weighted by Crippen LogP contribution is -2.45. The Balaban J connectivity index is 1.91. The lowest BCUT2D eigenvalue weighted by atomic mass is 10.0. The SMILES string of the molecule is COc1ccccc1C(=O)Nc1ccc2c(c1)OC[C@H](C)N(C)C[C@H](C)[C@H](OC)CN(C)C2=O. The molecule has 8 nitrogen and oxygen atoms in total. The fourth-order valence-electron chi connectivity index (χ4n) is 4.06. The van der Waals surface area contributed by atoms with Gasteiger partial charge in [-0.1, -0.05) is 19.1 Å². The van der Waals surface area contributed by atoms with E-state index in [1.54, 1.807) is 61.5 Å². The van der Waals surface area contributed by atoms with Crippen molar-refractivity contribution in [1.82, 2.24) is 9.80 Å². The number of ether oxygens (including phenoxy) is 3. The van der Waals surface area contributed by atoms with Crippen LogP contribution in [0.2, 0.25) is 0 Å². The predicted molar refractivity (Wildman–Crippen MR) is 132 cm³/mol. The average Bonchev–Trinajstić information content (AvgIpc) is 2.84. The second-order valence-electron chi connectivity index (χ2n) is 8.90. The van der Waals surface area contributed by atoms with Crippen LogP contribution >= 0.6 is 0 Å².